The molecular formula is C11H10N2O. The van der Waals surface area contributed by atoms with E-state index in [2.05, 4.69) is 4.99 Å². The van der Waals surface area contributed by atoms with E-state index in [1.165, 1.54) is 0 Å². The van der Waals surface area contributed by atoms with Gasteiger partial charge in [-0.3, -0.25) is 9.79 Å². The van der Waals surface area contributed by atoms with Crippen LogP contribution in [0, 0.1) is 0 Å². The number of carbonyl (C=O) groups is 1. The summed E-state index contributed by atoms with van der Waals surface area (Å²) in [4.78, 5) is 18.2. The topological polar surface area (TPSA) is 32.7 Å². The summed E-state index contributed by atoms with van der Waals surface area (Å²) in [7, 11) is 0. The van der Waals surface area contributed by atoms with Crippen molar-refractivity contribution >= 4 is 17.3 Å². The molecule has 0 N–H and O–H groups in total. The normalized spacial score (nSPS) is 19.0. The Labute approximate surface area is 82.1 Å². The van der Waals surface area contributed by atoms with Crippen LogP contribution in [0.2, 0.25) is 0 Å². The first-order chi connectivity index (χ1) is 6.88. The molecule has 3 heteroatoms. The van der Waals surface area contributed by atoms with Crippen molar-refractivity contribution in [3.8, 4) is 0 Å². The van der Waals surface area contributed by atoms with Gasteiger partial charge in [-0.05, 0) is 18.6 Å². The average Bonchev–Trinajstić information content (AvgIpc) is 2.55. The minimum atomic E-state index is 0.0836. The van der Waals surface area contributed by atoms with Crippen LogP contribution in [0.1, 0.15) is 16.8 Å². The highest BCUT2D eigenvalue weighted by Gasteiger charge is 2.34. The molecule has 0 saturated carbocycles. The fourth-order valence-corrected chi connectivity index (χ4v) is 2.06. The van der Waals surface area contributed by atoms with E-state index < -0.39 is 0 Å². The van der Waals surface area contributed by atoms with Crippen molar-refractivity contribution in [1.29, 1.82) is 0 Å². The molecule has 0 spiro atoms. The molecule has 14 heavy (non-hydrogen) atoms. The van der Waals surface area contributed by atoms with Crippen LogP contribution in [-0.2, 0) is 0 Å². The van der Waals surface area contributed by atoms with Crippen molar-refractivity contribution in [3.05, 3.63) is 29.8 Å². The van der Waals surface area contributed by atoms with Gasteiger partial charge in [0.1, 0.15) is 0 Å². The van der Waals surface area contributed by atoms with E-state index in [9.17, 15) is 4.79 Å². The highest BCUT2D eigenvalue weighted by molar-refractivity contribution is 6.54. The van der Waals surface area contributed by atoms with E-state index in [1.54, 1.807) is 0 Å². The van der Waals surface area contributed by atoms with E-state index in [1.807, 2.05) is 29.2 Å². The van der Waals surface area contributed by atoms with Crippen molar-refractivity contribution in [2.45, 2.75) is 6.42 Å². The molecule has 0 radical (unpaired) electrons. The predicted octanol–water partition coefficient (Wildman–Crippen LogP) is 1.49. The molecule has 2 heterocycles. The number of fused-ring (bicyclic) bond motifs is 3. The Balaban J connectivity index is 2.22. The first kappa shape index (κ1) is 7.74. The number of carbonyl (C=O) groups excluding carboxylic acids is 1. The summed E-state index contributed by atoms with van der Waals surface area (Å²) in [6.07, 6.45) is 1.03. The highest BCUT2D eigenvalue weighted by Crippen LogP contribution is 2.30. The molecular weight excluding hydrogens is 176 g/mol. The Hall–Kier alpha value is -1.64. The number of Topliss-reactive ketones (excluding diaryl/α,β-unsaturated/α-hetero) is 1. The smallest absolute Gasteiger partial charge is 0.230 e. The van der Waals surface area contributed by atoms with Crippen LogP contribution in [-0.4, -0.2) is 24.7 Å². The number of amidine groups is 1. The number of anilines is 1. The summed E-state index contributed by atoms with van der Waals surface area (Å²) in [5.41, 5.74) is 1.82. The van der Waals surface area contributed by atoms with E-state index >= 15 is 0 Å². The number of hydrogen-bond donors (Lipinski definition) is 0. The summed E-state index contributed by atoms with van der Waals surface area (Å²) >= 11 is 0. The second kappa shape index (κ2) is 2.67. The molecule has 1 aromatic carbocycles. The first-order valence-corrected chi connectivity index (χ1v) is 4.83. The second-order valence-electron chi connectivity index (χ2n) is 3.56. The van der Waals surface area contributed by atoms with Crippen molar-refractivity contribution in [2.24, 2.45) is 4.99 Å². The second-order valence-corrected chi connectivity index (χ2v) is 3.56. The van der Waals surface area contributed by atoms with Gasteiger partial charge < -0.3 is 4.90 Å². The van der Waals surface area contributed by atoms with Gasteiger partial charge in [0.05, 0.1) is 5.69 Å². The van der Waals surface area contributed by atoms with Crippen molar-refractivity contribution in [2.75, 3.05) is 18.0 Å². The molecule has 0 fully saturated rings. The zero-order valence-electron chi connectivity index (χ0n) is 7.73. The van der Waals surface area contributed by atoms with Crippen LogP contribution in [0.5, 0.6) is 0 Å². The summed E-state index contributed by atoms with van der Waals surface area (Å²) in [6.45, 7) is 1.70. The number of nitrogens with zero attached hydrogens (tertiary/aromatic N) is 2. The van der Waals surface area contributed by atoms with Crippen LogP contribution in [0.25, 0.3) is 0 Å². The maximum absolute atomic E-state index is 11.9. The monoisotopic (exact) mass is 186 g/mol. The van der Waals surface area contributed by atoms with E-state index in [-0.39, 0.29) is 5.78 Å². The first-order valence-electron chi connectivity index (χ1n) is 4.83. The number of rotatable bonds is 0. The van der Waals surface area contributed by atoms with Gasteiger partial charge in [0.25, 0.3) is 0 Å². The maximum atomic E-state index is 11.9. The van der Waals surface area contributed by atoms with Crippen molar-refractivity contribution < 1.29 is 4.79 Å². The quantitative estimate of drug-likeness (QED) is 0.615. The van der Waals surface area contributed by atoms with Gasteiger partial charge in [-0.15, -0.1) is 0 Å². The third-order valence-electron chi connectivity index (χ3n) is 2.70. The highest BCUT2D eigenvalue weighted by atomic mass is 16.1. The zero-order chi connectivity index (χ0) is 9.54. The fourth-order valence-electron chi connectivity index (χ4n) is 2.06. The minimum Gasteiger partial charge on any atom is -0.323 e. The third kappa shape index (κ3) is 0.867. The summed E-state index contributed by atoms with van der Waals surface area (Å²) in [5, 5.41) is 0. The number of benzene rings is 1. The van der Waals surface area contributed by atoms with Crippen LogP contribution in [0.4, 0.5) is 5.69 Å². The molecule has 0 bridgehead atoms. The third-order valence-corrected chi connectivity index (χ3v) is 2.70. The lowest BCUT2D eigenvalue weighted by molar-refractivity contribution is 0.106. The molecule has 0 aromatic heterocycles. The standard InChI is InChI=1S/C11H10N2O/c14-10-8-4-1-2-5-9(8)13-7-3-6-12-11(10)13/h1-2,4-5H,3,6-7H2. The van der Waals surface area contributed by atoms with E-state index in [4.69, 9.17) is 0 Å². The number of hydrogen-bond acceptors (Lipinski definition) is 3. The van der Waals surface area contributed by atoms with E-state index in [0.717, 1.165) is 30.8 Å². The largest absolute Gasteiger partial charge is 0.323 e. The Morgan fingerprint density at radius 3 is 3.07 bits per heavy atom. The molecule has 3 rings (SSSR count). The fraction of sp³-hybridized carbons (Fsp3) is 0.273. The number of para-hydroxylation sites is 1. The predicted molar refractivity (Wildman–Crippen MR) is 55.0 cm³/mol. The molecule has 3 nitrogen and oxygen atoms in total. The van der Waals surface area contributed by atoms with Crippen molar-refractivity contribution in [1.82, 2.24) is 0 Å². The van der Waals surface area contributed by atoms with Crippen LogP contribution >= 0.6 is 0 Å². The Morgan fingerprint density at radius 1 is 1.29 bits per heavy atom. The molecule has 0 aliphatic carbocycles. The van der Waals surface area contributed by atoms with Gasteiger partial charge in [-0.2, -0.15) is 0 Å². The van der Waals surface area contributed by atoms with Crippen LogP contribution < -0.4 is 4.90 Å². The zero-order valence-corrected chi connectivity index (χ0v) is 7.73. The average molecular weight is 186 g/mol. The lowest BCUT2D eigenvalue weighted by atomic mass is 10.1. The molecule has 2 aliphatic heterocycles. The molecule has 0 saturated heterocycles. The van der Waals surface area contributed by atoms with Gasteiger partial charge in [-0.1, -0.05) is 12.1 Å². The van der Waals surface area contributed by atoms with Crippen LogP contribution in [0.15, 0.2) is 29.3 Å². The number of ketones is 1. The number of aliphatic imine (C=N–C) groups is 1. The van der Waals surface area contributed by atoms with E-state index in [0.29, 0.717) is 5.84 Å². The Bertz CT molecular complexity index is 437. The van der Waals surface area contributed by atoms with Crippen LogP contribution in [0.3, 0.4) is 0 Å². The summed E-state index contributed by atoms with van der Waals surface area (Å²) in [5.74, 6) is 0.720. The Morgan fingerprint density at radius 2 is 2.14 bits per heavy atom. The SMILES string of the molecule is O=C1C2=NCCCN2c2ccccc21. The van der Waals surface area contributed by atoms with Gasteiger partial charge in [-0.25, -0.2) is 0 Å². The van der Waals surface area contributed by atoms with Gasteiger partial charge in [0, 0.05) is 18.7 Å². The Kier molecular flexibility index (Phi) is 1.48. The van der Waals surface area contributed by atoms with Gasteiger partial charge in [0.15, 0.2) is 5.84 Å². The molecule has 0 unspecified atom stereocenters. The minimum absolute atomic E-state index is 0.0836. The molecule has 0 amide bonds. The van der Waals surface area contributed by atoms with Gasteiger partial charge >= 0.3 is 0 Å². The summed E-state index contributed by atoms with van der Waals surface area (Å²) < 4.78 is 0. The lowest BCUT2D eigenvalue weighted by Gasteiger charge is -2.22. The lowest BCUT2D eigenvalue weighted by Crippen LogP contribution is -2.34. The molecule has 2 aliphatic rings. The van der Waals surface area contributed by atoms with Crippen molar-refractivity contribution in [3.63, 3.8) is 0 Å². The molecule has 1 aromatic rings. The molecule has 70 valence electrons. The molecule has 0 atom stereocenters. The summed E-state index contributed by atoms with van der Waals surface area (Å²) in [6, 6.07) is 7.72. The van der Waals surface area contributed by atoms with Gasteiger partial charge in [0.2, 0.25) is 5.78 Å². The maximum Gasteiger partial charge on any atom is 0.230 e.